The molecule has 9 nitrogen and oxygen atoms in total. The number of hydrogen-bond donors (Lipinski definition) is 2. The Kier molecular flexibility index (Phi) is 8.93. The lowest BCUT2D eigenvalue weighted by Gasteiger charge is -2.21. The first-order valence-corrected chi connectivity index (χ1v) is 17.3. The number of carbonyl (C=O) groups excluding carboxylic acids is 1. The van der Waals surface area contributed by atoms with Crippen LogP contribution in [0.3, 0.4) is 0 Å². The highest BCUT2D eigenvalue weighted by molar-refractivity contribution is 7.90. The molecular weight excluding hydrogens is 611 g/mol. The van der Waals surface area contributed by atoms with E-state index in [2.05, 4.69) is 35.3 Å². The first-order chi connectivity index (χ1) is 22.5. The van der Waals surface area contributed by atoms with E-state index in [-0.39, 0.29) is 17.3 Å². The first-order valence-electron chi connectivity index (χ1n) is 15.9. The smallest absolute Gasteiger partial charge is 0.269 e. The standard InChI is InChI=1S/C37H41N5O4S/c1-24-6-13-32(14-7-24)47(45,46)42-23-34(27-8-10-28(11-9-27)37(44)40(5)21-26(3)43)33-19-30(20-39-36(33)42)29-12-15-35(25(2)18-29)41-17-16-31(22-41)38-4/h6-15,18-20,23,26,31,38,43H,16-17,21-22H2,1-5H3/t26-,31+/m1/s1. The van der Waals surface area contributed by atoms with Gasteiger partial charge in [0.15, 0.2) is 5.65 Å². The molecule has 0 spiro atoms. The largest absolute Gasteiger partial charge is 0.392 e. The maximum absolute atomic E-state index is 14.0. The molecule has 47 heavy (non-hydrogen) atoms. The van der Waals surface area contributed by atoms with Crippen molar-refractivity contribution in [2.75, 3.05) is 38.6 Å². The van der Waals surface area contributed by atoms with E-state index in [1.165, 1.54) is 20.1 Å². The van der Waals surface area contributed by atoms with E-state index >= 15 is 0 Å². The summed E-state index contributed by atoms with van der Waals surface area (Å²) in [6.07, 6.45) is 3.82. The monoisotopic (exact) mass is 651 g/mol. The van der Waals surface area contributed by atoms with E-state index in [0.717, 1.165) is 41.8 Å². The molecule has 1 saturated heterocycles. The van der Waals surface area contributed by atoms with E-state index < -0.39 is 16.1 Å². The summed E-state index contributed by atoms with van der Waals surface area (Å²) >= 11 is 0. The van der Waals surface area contributed by atoms with Crippen LogP contribution >= 0.6 is 0 Å². The van der Waals surface area contributed by atoms with Crippen molar-refractivity contribution in [1.29, 1.82) is 0 Å². The summed E-state index contributed by atoms with van der Waals surface area (Å²) in [6.45, 7) is 7.86. The van der Waals surface area contributed by atoms with Crippen molar-refractivity contribution >= 4 is 32.7 Å². The van der Waals surface area contributed by atoms with Gasteiger partial charge in [-0.05, 0) is 93.4 Å². The van der Waals surface area contributed by atoms with Gasteiger partial charge in [-0.15, -0.1) is 0 Å². The topological polar surface area (TPSA) is 108 Å². The van der Waals surface area contributed by atoms with Crippen molar-refractivity contribution in [2.24, 2.45) is 0 Å². The number of aliphatic hydroxyl groups excluding tert-OH is 1. The van der Waals surface area contributed by atoms with Gasteiger partial charge in [-0.2, -0.15) is 0 Å². The van der Waals surface area contributed by atoms with Crippen LogP contribution in [0, 0.1) is 13.8 Å². The fraction of sp³-hybridized carbons (Fsp3) is 0.297. The number of fused-ring (bicyclic) bond motifs is 1. The third-order valence-electron chi connectivity index (χ3n) is 8.98. The highest BCUT2D eigenvalue weighted by Gasteiger charge is 2.25. The lowest BCUT2D eigenvalue weighted by atomic mass is 9.99. The summed E-state index contributed by atoms with van der Waals surface area (Å²) in [5.74, 6) is -0.208. The van der Waals surface area contributed by atoms with Gasteiger partial charge in [0.1, 0.15) is 0 Å². The maximum atomic E-state index is 14.0. The number of likely N-dealkylation sites (N-methyl/N-ethyl adjacent to an activating group) is 2. The van der Waals surface area contributed by atoms with Crippen molar-refractivity contribution in [1.82, 2.24) is 19.2 Å². The number of carbonyl (C=O) groups is 1. The zero-order valence-corrected chi connectivity index (χ0v) is 28.3. The summed E-state index contributed by atoms with van der Waals surface area (Å²) in [5.41, 5.74) is 7.45. The zero-order chi connectivity index (χ0) is 33.5. The number of rotatable bonds is 9. The number of amides is 1. The second kappa shape index (κ2) is 12.9. The minimum Gasteiger partial charge on any atom is -0.392 e. The number of benzene rings is 3. The molecule has 0 unspecified atom stereocenters. The Bertz CT molecular complexity index is 2040. The quantitative estimate of drug-likeness (QED) is 0.218. The second-order valence-electron chi connectivity index (χ2n) is 12.6. The molecular formula is C37H41N5O4S. The van der Waals surface area contributed by atoms with Gasteiger partial charge in [0.2, 0.25) is 0 Å². The minimum atomic E-state index is -3.96. The summed E-state index contributed by atoms with van der Waals surface area (Å²) < 4.78 is 29.2. The van der Waals surface area contributed by atoms with Crippen LogP contribution in [0.5, 0.6) is 0 Å². The lowest BCUT2D eigenvalue weighted by molar-refractivity contribution is 0.0703. The number of aryl methyl sites for hydroxylation is 2. The van der Waals surface area contributed by atoms with Crippen LogP contribution in [0.1, 0.15) is 34.8 Å². The zero-order valence-electron chi connectivity index (χ0n) is 27.4. The minimum absolute atomic E-state index is 0.174. The van der Waals surface area contributed by atoms with Crippen molar-refractivity contribution < 1.29 is 18.3 Å². The Labute approximate surface area is 276 Å². The fourth-order valence-corrected chi connectivity index (χ4v) is 7.70. The Balaban J connectivity index is 1.43. The van der Waals surface area contributed by atoms with Crippen molar-refractivity contribution in [3.05, 3.63) is 102 Å². The normalized spacial score (nSPS) is 15.7. The molecule has 1 aliphatic heterocycles. The summed E-state index contributed by atoms with van der Waals surface area (Å²) in [4.78, 5) is 21.7. The molecule has 10 heteroatoms. The predicted molar refractivity (Wildman–Crippen MR) is 187 cm³/mol. The molecule has 2 atom stereocenters. The molecule has 0 saturated carbocycles. The number of hydrogen-bond acceptors (Lipinski definition) is 7. The number of aromatic nitrogens is 2. The second-order valence-corrected chi connectivity index (χ2v) is 14.4. The Morgan fingerprint density at radius 3 is 2.36 bits per heavy atom. The van der Waals surface area contributed by atoms with Crippen LogP contribution in [0.15, 0.2) is 90.1 Å². The molecule has 3 heterocycles. The average molecular weight is 652 g/mol. The number of aliphatic hydroxyl groups is 1. The molecule has 1 aliphatic rings. The van der Waals surface area contributed by atoms with Gasteiger partial charge in [-0.3, -0.25) is 4.79 Å². The number of pyridine rings is 1. The third-order valence-corrected chi connectivity index (χ3v) is 10.6. The van der Waals surface area contributed by atoms with Crippen molar-refractivity contribution in [2.45, 2.75) is 44.2 Å². The molecule has 6 rings (SSSR count). The van der Waals surface area contributed by atoms with Crippen molar-refractivity contribution in [3.8, 4) is 22.3 Å². The Morgan fingerprint density at radius 1 is 1.02 bits per heavy atom. The molecule has 2 aromatic heterocycles. The summed E-state index contributed by atoms with van der Waals surface area (Å²) in [7, 11) is -0.303. The molecule has 2 N–H and O–H groups in total. The van der Waals surface area contributed by atoms with E-state index in [4.69, 9.17) is 4.98 Å². The van der Waals surface area contributed by atoms with Crippen LogP contribution in [0.2, 0.25) is 0 Å². The van der Waals surface area contributed by atoms with Crippen molar-refractivity contribution in [3.63, 3.8) is 0 Å². The van der Waals surface area contributed by atoms with E-state index in [1.807, 2.05) is 32.2 Å². The Hall–Kier alpha value is -4.51. The molecule has 1 amide bonds. The van der Waals surface area contributed by atoms with Crippen LogP contribution in [-0.4, -0.2) is 79.2 Å². The third kappa shape index (κ3) is 6.41. The van der Waals surface area contributed by atoms with Crippen LogP contribution < -0.4 is 10.2 Å². The van der Waals surface area contributed by atoms with E-state index in [9.17, 15) is 18.3 Å². The summed E-state index contributed by atoms with van der Waals surface area (Å²) in [5, 5.41) is 13.8. The molecule has 0 radical (unpaired) electrons. The average Bonchev–Trinajstić information content (AvgIpc) is 3.70. The number of nitrogens with one attached hydrogen (secondary N) is 1. The summed E-state index contributed by atoms with van der Waals surface area (Å²) in [6, 6.07) is 22.8. The van der Waals surface area contributed by atoms with Crippen LogP contribution in [0.4, 0.5) is 5.69 Å². The SMILES string of the molecule is CN[C@H]1CCN(c2ccc(-c3cnc4c(c3)c(-c3ccc(C(=O)N(C)C[C@@H](C)O)cc3)cn4S(=O)(=O)c3ccc(C)cc3)cc2C)C1. The predicted octanol–water partition coefficient (Wildman–Crippen LogP) is 5.48. The number of anilines is 1. The molecule has 1 fully saturated rings. The maximum Gasteiger partial charge on any atom is 0.269 e. The van der Waals surface area contributed by atoms with Gasteiger partial charge in [-0.1, -0.05) is 35.9 Å². The molecule has 244 valence electrons. The van der Waals surface area contributed by atoms with Crippen LogP contribution in [-0.2, 0) is 10.0 Å². The number of nitrogens with zero attached hydrogens (tertiary/aromatic N) is 4. The van der Waals surface area contributed by atoms with Gasteiger partial charge < -0.3 is 20.2 Å². The van der Waals surface area contributed by atoms with E-state index in [1.54, 1.807) is 62.8 Å². The highest BCUT2D eigenvalue weighted by atomic mass is 32.2. The van der Waals surface area contributed by atoms with Gasteiger partial charge >= 0.3 is 0 Å². The molecule has 0 bridgehead atoms. The Morgan fingerprint density at radius 2 is 1.72 bits per heavy atom. The molecule has 0 aliphatic carbocycles. The lowest BCUT2D eigenvalue weighted by Crippen LogP contribution is -2.32. The van der Waals surface area contributed by atoms with Gasteiger partial charge in [0.05, 0.1) is 11.0 Å². The molecule has 5 aromatic rings. The van der Waals surface area contributed by atoms with Gasteiger partial charge in [0.25, 0.3) is 15.9 Å². The van der Waals surface area contributed by atoms with Crippen LogP contribution in [0.25, 0.3) is 33.3 Å². The highest BCUT2D eigenvalue weighted by Crippen LogP contribution is 2.36. The fourth-order valence-electron chi connectivity index (χ4n) is 6.37. The van der Waals surface area contributed by atoms with Gasteiger partial charge in [0, 0.05) is 72.9 Å². The van der Waals surface area contributed by atoms with E-state index in [0.29, 0.717) is 28.2 Å². The first kappa shape index (κ1) is 32.4. The molecule has 3 aromatic carbocycles. The van der Waals surface area contributed by atoms with Gasteiger partial charge in [-0.25, -0.2) is 17.4 Å².